The highest BCUT2D eigenvalue weighted by Gasteiger charge is 2.33. The molecule has 10 nitrogen and oxygen atoms in total. The fraction of sp³-hybridized carbons (Fsp3) is 0.435. The number of primary amides is 1. The second kappa shape index (κ2) is 9.59. The zero-order valence-electron chi connectivity index (χ0n) is 19.1. The molecule has 0 bridgehead atoms. The van der Waals surface area contributed by atoms with E-state index < -0.39 is 15.9 Å². The van der Waals surface area contributed by atoms with Gasteiger partial charge in [0.2, 0.25) is 21.8 Å². The van der Waals surface area contributed by atoms with Crippen LogP contribution in [0.1, 0.15) is 41.7 Å². The lowest BCUT2D eigenvalue weighted by atomic mass is 9.97. The number of rotatable bonds is 7. The number of nitrogens with one attached hydrogen (secondary N) is 1. The van der Waals surface area contributed by atoms with Crippen LogP contribution in [0.5, 0.6) is 0 Å². The average Bonchev–Trinajstić information content (AvgIpc) is 3.40. The minimum atomic E-state index is -3.79. The molecule has 0 atom stereocenters. The number of likely N-dealkylation sites (tertiary alicyclic amines) is 1. The summed E-state index contributed by atoms with van der Waals surface area (Å²) in [5.74, 6) is -1.01. The van der Waals surface area contributed by atoms with E-state index in [1.807, 2.05) is 23.1 Å². The van der Waals surface area contributed by atoms with Crippen molar-refractivity contribution in [2.45, 2.75) is 37.1 Å². The van der Waals surface area contributed by atoms with Gasteiger partial charge >= 0.3 is 0 Å². The van der Waals surface area contributed by atoms with Crippen molar-refractivity contribution in [3.63, 3.8) is 0 Å². The van der Waals surface area contributed by atoms with E-state index in [1.165, 1.54) is 21.1 Å². The molecule has 2 fully saturated rings. The molecule has 0 aliphatic carbocycles. The highest BCUT2D eigenvalue weighted by molar-refractivity contribution is 7.89. The Morgan fingerprint density at radius 2 is 1.88 bits per heavy atom. The smallest absolute Gasteiger partial charge is 0.265 e. The molecule has 0 saturated carbocycles. The molecule has 4 rings (SSSR count). The van der Waals surface area contributed by atoms with Crippen LogP contribution in [-0.4, -0.2) is 59.5 Å². The highest BCUT2D eigenvalue weighted by atomic mass is 32.2. The third-order valence-electron chi connectivity index (χ3n) is 6.43. The first-order valence-corrected chi connectivity index (χ1v) is 12.7. The molecule has 3 heterocycles. The first-order valence-electron chi connectivity index (χ1n) is 11.3. The molecule has 3 amide bonds. The number of anilines is 1. The maximum Gasteiger partial charge on any atom is 0.265 e. The molecular formula is C23H29N5O5S. The predicted molar refractivity (Wildman–Crippen MR) is 125 cm³/mol. The summed E-state index contributed by atoms with van der Waals surface area (Å²) >= 11 is 0. The van der Waals surface area contributed by atoms with Gasteiger partial charge in [0.15, 0.2) is 0 Å². The molecule has 1 aromatic heterocycles. The summed E-state index contributed by atoms with van der Waals surface area (Å²) in [7, 11) is -2.22. The van der Waals surface area contributed by atoms with Crippen LogP contribution in [0.2, 0.25) is 0 Å². The van der Waals surface area contributed by atoms with E-state index in [9.17, 15) is 22.8 Å². The number of hydrogen-bond donors (Lipinski definition) is 2. The van der Waals surface area contributed by atoms with E-state index >= 15 is 0 Å². The largest absolute Gasteiger partial charge is 0.364 e. The Balaban J connectivity index is 1.35. The van der Waals surface area contributed by atoms with Gasteiger partial charge in [0.05, 0.1) is 0 Å². The molecule has 3 N–H and O–H groups in total. The number of hydrogen-bond acceptors (Lipinski definition) is 5. The standard InChI is InChI=1S/C23H29N5O5S/c1-26-15-19(13-20(26)22(24)30)34(32,33)28-10-7-17(8-11-28)23(31)25-18-5-2-4-16(12-18)14-27-9-3-6-21(27)29/h2,4-5,12-13,15,17H,3,6-11,14H2,1H3,(H2,24,30)(H,25,31). The molecule has 2 saturated heterocycles. The Hall–Kier alpha value is -3.18. The molecule has 182 valence electrons. The van der Waals surface area contributed by atoms with E-state index in [4.69, 9.17) is 5.73 Å². The number of aromatic nitrogens is 1. The second-order valence-electron chi connectivity index (χ2n) is 8.82. The van der Waals surface area contributed by atoms with Crippen molar-refractivity contribution in [1.29, 1.82) is 0 Å². The molecule has 11 heteroatoms. The third-order valence-corrected chi connectivity index (χ3v) is 8.30. The number of amides is 3. The second-order valence-corrected chi connectivity index (χ2v) is 10.8. The normalized spacial score (nSPS) is 17.8. The van der Waals surface area contributed by atoms with Crippen LogP contribution in [0.3, 0.4) is 0 Å². The molecule has 2 aliphatic rings. The minimum Gasteiger partial charge on any atom is -0.364 e. The van der Waals surface area contributed by atoms with Crippen LogP contribution in [0, 0.1) is 5.92 Å². The fourth-order valence-corrected chi connectivity index (χ4v) is 6.05. The van der Waals surface area contributed by atoms with Crippen molar-refractivity contribution in [3.05, 3.63) is 47.8 Å². The number of piperidine rings is 1. The Labute approximate surface area is 198 Å². The molecule has 0 spiro atoms. The monoisotopic (exact) mass is 487 g/mol. The van der Waals surface area contributed by atoms with Gasteiger partial charge in [-0.05, 0) is 43.0 Å². The molecule has 2 aliphatic heterocycles. The molecule has 0 radical (unpaired) electrons. The summed E-state index contributed by atoms with van der Waals surface area (Å²) < 4.78 is 28.7. The van der Waals surface area contributed by atoms with Gasteiger partial charge in [-0.3, -0.25) is 14.4 Å². The van der Waals surface area contributed by atoms with Gasteiger partial charge in [-0.1, -0.05) is 12.1 Å². The van der Waals surface area contributed by atoms with Crippen molar-refractivity contribution < 1.29 is 22.8 Å². The summed E-state index contributed by atoms with van der Waals surface area (Å²) in [6.45, 7) is 1.69. The van der Waals surface area contributed by atoms with Crippen LogP contribution >= 0.6 is 0 Å². The van der Waals surface area contributed by atoms with Gasteiger partial charge in [-0.25, -0.2) is 8.42 Å². The maximum absolute atomic E-state index is 13.0. The molecule has 2 aromatic rings. The molecular weight excluding hydrogens is 458 g/mol. The van der Waals surface area contributed by atoms with Crippen LogP contribution in [-0.2, 0) is 33.2 Å². The molecule has 0 unspecified atom stereocenters. The summed E-state index contributed by atoms with van der Waals surface area (Å²) in [4.78, 5) is 38.0. The summed E-state index contributed by atoms with van der Waals surface area (Å²) in [5.41, 5.74) is 7.02. The topological polar surface area (TPSA) is 135 Å². The van der Waals surface area contributed by atoms with Crippen LogP contribution in [0.25, 0.3) is 0 Å². The lowest BCUT2D eigenvalue weighted by molar-refractivity contribution is -0.128. The molecule has 34 heavy (non-hydrogen) atoms. The van der Waals surface area contributed by atoms with Crippen LogP contribution < -0.4 is 11.1 Å². The summed E-state index contributed by atoms with van der Waals surface area (Å²) in [6, 6.07) is 8.73. The fourth-order valence-electron chi connectivity index (χ4n) is 4.51. The zero-order valence-corrected chi connectivity index (χ0v) is 19.9. The van der Waals surface area contributed by atoms with Crippen molar-refractivity contribution in [1.82, 2.24) is 13.8 Å². The van der Waals surface area contributed by atoms with Crippen molar-refractivity contribution in [3.8, 4) is 0 Å². The van der Waals surface area contributed by atoms with Crippen molar-refractivity contribution in [2.24, 2.45) is 18.7 Å². The Morgan fingerprint density at radius 3 is 2.50 bits per heavy atom. The number of carbonyl (C=O) groups is 3. The maximum atomic E-state index is 13.0. The van der Waals surface area contributed by atoms with Crippen molar-refractivity contribution >= 4 is 33.4 Å². The number of carbonyl (C=O) groups excluding carboxylic acids is 3. The highest BCUT2D eigenvalue weighted by Crippen LogP contribution is 2.26. The van der Waals surface area contributed by atoms with E-state index in [-0.39, 0.29) is 41.4 Å². The number of aryl methyl sites for hydroxylation is 1. The number of nitrogens with two attached hydrogens (primary N) is 1. The van der Waals surface area contributed by atoms with Gasteiger partial charge in [-0.15, -0.1) is 0 Å². The van der Waals surface area contributed by atoms with E-state index in [0.29, 0.717) is 31.5 Å². The van der Waals surface area contributed by atoms with Crippen LogP contribution in [0.15, 0.2) is 41.4 Å². The van der Waals surface area contributed by atoms with Crippen molar-refractivity contribution in [2.75, 3.05) is 25.0 Å². The Morgan fingerprint density at radius 1 is 1.15 bits per heavy atom. The van der Waals surface area contributed by atoms with Gasteiger partial charge in [0.1, 0.15) is 10.6 Å². The minimum absolute atomic E-state index is 0.0139. The van der Waals surface area contributed by atoms with Gasteiger partial charge in [0, 0.05) is 57.4 Å². The summed E-state index contributed by atoms with van der Waals surface area (Å²) in [6.07, 6.45) is 3.61. The third kappa shape index (κ3) is 5.00. The van der Waals surface area contributed by atoms with E-state index in [1.54, 1.807) is 13.1 Å². The Kier molecular flexibility index (Phi) is 6.76. The first kappa shape index (κ1) is 24.0. The first-order chi connectivity index (χ1) is 16.1. The lowest BCUT2D eigenvalue weighted by Gasteiger charge is -2.30. The number of nitrogens with zero attached hydrogens (tertiary/aromatic N) is 3. The van der Waals surface area contributed by atoms with Gasteiger partial charge in [0.25, 0.3) is 5.91 Å². The van der Waals surface area contributed by atoms with E-state index in [2.05, 4.69) is 5.32 Å². The summed E-state index contributed by atoms with van der Waals surface area (Å²) in [5, 5.41) is 2.93. The lowest BCUT2D eigenvalue weighted by Crippen LogP contribution is -2.41. The Bertz CT molecular complexity index is 1210. The molecule has 1 aromatic carbocycles. The predicted octanol–water partition coefficient (Wildman–Crippen LogP) is 1.29. The van der Waals surface area contributed by atoms with Crippen LogP contribution in [0.4, 0.5) is 5.69 Å². The number of sulfonamides is 1. The number of benzene rings is 1. The van der Waals surface area contributed by atoms with E-state index in [0.717, 1.165) is 18.5 Å². The quantitative estimate of drug-likeness (QED) is 0.607. The van der Waals surface area contributed by atoms with Gasteiger partial charge < -0.3 is 20.5 Å². The zero-order chi connectivity index (χ0) is 24.5. The SMILES string of the molecule is Cn1cc(S(=O)(=O)N2CCC(C(=O)Nc3cccc(CN4CCCC4=O)c3)CC2)cc1C(N)=O. The average molecular weight is 488 g/mol. The van der Waals surface area contributed by atoms with Gasteiger partial charge in [-0.2, -0.15) is 4.31 Å².